The quantitative estimate of drug-likeness (QED) is 0.277. The molecule has 0 radical (unpaired) electrons. The SMILES string of the molecule is COc1ccc(C[C@H](NC(=O)[C@H](C)NC(=O)CN2CCOCC2)C(=O)N[C@@H](Cc2ccccc2)C(=O)[C@]2(C)CO2)cc1. The summed E-state index contributed by atoms with van der Waals surface area (Å²) in [6.07, 6.45) is 0.442. The fourth-order valence-electron chi connectivity index (χ4n) is 4.77. The number of hydrogen-bond donors (Lipinski definition) is 3. The van der Waals surface area contributed by atoms with Crippen LogP contribution in [0.2, 0.25) is 0 Å². The Hall–Kier alpha value is -3.80. The van der Waals surface area contributed by atoms with Crippen LogP contribution in [0.5, 0.6) is 5.75 Å². The van der Waals surface area contributed by atoms with Crippen LogP contribution in [0.3, 0.4) is 0 Å². The summed E-state index contributed by atoms with van der Waals surface area (Å²) in [5.41, 5.74) is 0.720. The molecule has 2 aromatic rings. The van der Waals surface area contributed by atoms with Gasteiger partial charge in [-0.25, -0.2) is 0 Å². The Morgan fingerprint density at radius 2 is 1.48 bits per heavy atom. The van der Waals surface area contributed by atoms with E-state index in [0.717, 1.165) is 11.1 Å². The molecule has 0 aliphatic carbocycles. The predicted molar refractivity (Wildman–Crippen MR) is 155 cm³/mol. The largest absolute Gasteiger partial charge is 0.497 e. The number of rotatable bonds is 14. The fourth-order valence-corrected chi connectivity index (χ4v) is 4.77. The minimum Gasteiger partial charge on any atom is -0.497 e. The molecule has 2 saturated heterocycles. The van der Waals surface area contributed by atoms with E-state index in [1.54, 1.807) is 33.1 Å². The van der Waals surface area contributed by atoms with Crippen LogP contribution in [-0.4, -0.2) is 98.7 Å². The molecule has 0 unspecified atom stereocenters. The van der Waals surface area contributed by atoms with Crippen molar-refractivity contribution in [3.8, 4) is 5.75 Å². The van der Waals surface area contributed by atoms with Crippen molar-refractivity contribution in [1.82, 2.24) is 20.9 Å². The molecule has 226 valence electrons. The third-order valence-corrected chi connectivity index (χ3v) is 7.49. The molecule has 4 rings (SSSR count). The van der Waals surface area contributed by atoms with Crippen molar-refractivity contribution in [2.45, 2.75) is 50.4 Å². The zero-order valence-electron chi connectivity index (χ0n) is 24.4. The van der Waals surface area contributed by atoms with Crippen molar-refractivity contribution in [2.24, 2.45) is 0 Å². The molecular weight excluding hydrogens is 540 g/mol. The normalized spacial score (nSPS) is 20.5. The summed E-state index contributed by atoms with van der Waals surface area (Å²) in [7, 11) is 1.56. The molecule has 2 aromatic carbocycles. The molecule has 0 saturated carbocycles. The second-order valence-corrected chi connectivity index (χ2v) is 10.9. The zero-order chi connectivity index (χ0) is 30.1. The number of epoxide rings is 1. The summed E-state index contributed by atoms with van der Waals surface area (Å²) >= 11 is 0. The Labute approximate surface area is 246 Å². The summed E-state index contributed by atoms with van der Waals surface area (Å²) < 4.78 is 15.9. The minimum absolute atomic E-state index is 0.154. The number of Topliss-reactive ketones (excluding diaryl/α,β-unsaturated/α-hetero) is 1. The Morgan fingerprint density at radius 3 is 2.10 bits per heavy atom. The monoisotopic (exact) mass is 580 g/mol. The van der Waals surface area contributed by atoms with Gasteiger partial charge in [-0.2, -0.15) is 0 Å². The minimum atomic E-state index is -1.01. The van der Waals surface area contributed by atoms with E-state index in [-0.39, 0.29) is 31.1 Å². The van der Waals surface area contributed by atoms with E-state index in [1.807, 2.05) is 47.4 Å². The average Bonchev–Trinajstić information content (AvgIpc) is 3.75. The third kappa shape index (κ3) is 8.85. The van der Waals surface area contributed by atoms with E-state index in [4.69, 9.17) is 14.2 Å². The van der Waals surface area contributed by atoms with Crippen molar-refractivity contribution in [2.75, 3.05) is 46.6 Å². The molecule has 11 nitrogen and oxygen atoms in total. The van der Waals surface area contributed by atoms with Crippen LogP contribution in [0.15, 0.2) is 54.6 Å². The standard InChI is InChI=1S/C31H40N4O7/c1-21(32-27(36)19-35-13-15-41-16-14-35)29(38)34-26(18-23-9-11-24(40-3)12-10-23)30(39)33-25(28(37)31(2)20-42-31)17-22-7-5-4-6-8-22/h4-12,21,25-26H,13-20H2,1-3H3,(H,32,36)(H,33,39)(H,34,38)/t21-,25-,26-,31-/m0/s1. The number of carbonyl (C=O) groups excluding carboxylic acids is 4. The molecule has 42 heavy (non-hydrogen) atoms. The van der Waals surface area contributed by atoms with Crippen molar-refractivity contribution in [3.05, 3.63) is 65.7 Å². The Kier molecular flexibility index (Phi) is 10.7. The van der Waals surface area contributed by atoms with Crippen LogP contribution in [0.25, 0.3) is 0 Å². The lowest BCUT2D eigenvalue weighted by Gasteiger charge is -2.27. The van der Waals surface area contributed by atoms with Crippen LogP contribution in [0, 0.1) is 0 Å². The summed E-state index contributed by atoms with van der Waals surface area (Å²) in [5.74, 6) is -0.876. The molecule has 0 aromatic heterocycles. The average molecular weight is 581 g/mol. The number of nitrogens with zero attached hydrogens (tertiary/aromatic N) is 1. The van der Waals surface area contributed by atoms with Crippen LogP contribution in [0.4, 0.5) is 0 Å². The number of morpholine rings is 1. The first-order valence-electron chi connectivity index (χ1n) is 14.2. The maximum atomic E-state index is 13.7. The first-order chi connectivity index (χ1) is 20.2. The maximum Gasteiger partial charge on any atom is 0.243 e. The van der Waals surface area contributed by atoms with Gasteiger partial charge in [-0.05, 0) is 43.5 Å². The Morgan fingerprint density at radius 1 is 0.881 bits per heavy atom. The van der Waals surface area contributed by atoms with Gasteiger partial charge in [0.2, 0.25) is 17.7 Å². The number of ketones is 1. The van der Waals surface area contributed by atoms with Crippen LogP contribution in [0.1, 0.15) is 25.0 Å². The first-order valence-corrected chi connectivity index (χ1v) is 14.2. The number of amides is 3. The van der Waals surface area contributed by atoms with Gasteiger partial charge in [0.05, 0.1) is 39.5 Å². The summed E-state index contributed by atoms with van der Waals surface area (Å²) in [5, 5.41) is 8.39. The van der Waals surface area contributed by atoms with Gasteiger partial charge in [0.25, 0.3) is 0 Å². The van der Waals surface area contributed by atoms with Crippen LogP contribution in [-0.2, 0) is 41.5 Å². The van der Waals surface area contributed by atoms with E-state index >= 15 is 0 Å². The molecule has 0 bridgehead atoms. The van der Waals surface area contributed by atoms with E-state index < -0.39 is 35.5 Å². The van der Waals surface area contributed by atoms with Crippen molar-refractivity contribution < 1.29 is 33.4 Å². The highest BCUT2D eigenvalue weighted by molar-refractivity contribution is 5.98. The van der Waals surface area contributed by atoms with Crippen molar-refractivity contribution >= 4 is 23.5 Å². The molecule has 0 spiro atoms. The zero-order valence-corrected chi connectivity index (χ0v) is 24.4. The smallest absolute Gasteiger partial charge is 0.243 e. The van der Waals surface area contributed by atoms with Crippen molar-refractivity contribution in [3.63, 3.8) is 0 Å². The maximum absolute atomic E-state index is 13.7. The number of nitrogens with one attached hydrogen (secondary N) is 3. The second kappa shape index (κ2) is 14.4. The van der Waals surface area contributed by atoms with Gasteiger partial charge in [0.15, 0.2) is 5.78 Å². The van der Waals surface area contributed by atoms with Gasteiger partial charge in [0.1, 0.15) is 23.4 Å². The summed E-state index contributed by atoms with van der Waals surface area (Å²) in [4.78, 5) is 54.8. The van der Waals surface area contributed by atoms with E-state index in [2.05, 4.69) is 16.0 Å². The molecule has 2 aliphatic rings. The lowest BCUT2D eigenvalue weighted by atomic mass is 9.94. The van der Waals surface area contributed by atoms with Crippen LogP contribution >= 0.6 is 0 Å². The Balaban J connectivity index is 1.46. The van der Waals surface area contributed by atoms with E-state index in [1.165, 1.54) is 0 Å². The number of ether oxygens (including phenoxy) is 3. The molecule has 2 aliphatic heterocycles. The van der Waals surface area contributed by atoms with E-state index in [9.17, 15) is 19.2 Å². The molecule has 3 amide bonds. The molecule has 11 heteroatoms. The van der Waals surface area contributed by atoms with Crippen molar-refractivity contribution in [1.29, 1.82) is 0 Å². The molecule has 4 atom stereocenters. The van der Waals surface area contributed by atoms with Gasteiger partial charge < -0.3 is 30.2 Å². The summed E-state index contributed by atoms with van der Waals surface area (Å²) in [6, 6.07) is 13.8. The fraction of sp³-hybridized carbons (Fsp3) is 0.484. The lowest BCUT2D eigenvalue weighted by Crippen LogP contribution is -2.57. The number of hydrogen-bond acceptors (Lipinski definition) is 8. The second-order valence-electron chi connectivity index (χ2n) is 10.9. The molecule has 2 fully saturated rings. The molecule has 3 N–H and O–H groups in total. The van der Waals surface area contributed by atoms with Crippen LogP contribution < -0.4 is 20.7 Å². The highest BCUT2D eigenvalue weighted by Crippen LogP contribution is 2.29. The van der Waals surface area contributed by atoms with Gasteiger partial charge in [0, 0.05) is 19.5 Å². The highest BCUT2D eigenvalue weighted by atomic mass is 16.6. The number of methoxy groups -OCH3 is 1. The lowest BCUT2D eigenvalue weighted by molar-refractivity contribution is -0.134. The van der Waals surface area contributed by atoms with Gasteiger partial charge in [-0.3, -0.25) is 24.1 Å². The first kappa shape index (κ1) is 31.1. The summed E-state index contributed by atoms with van der Waals surface area (Å²) in [6.45, 7) is 6.13. The third-order valence-electron chi connectivity index (χ3n) is 7.49. The van der Waals surface area contributed by atoms with Gasteiger partial charge in [-0.15, -0.1) is 0 Å². The number of carbonyl (C=O) groups is 4. The molecule has 2 heterocycles. The highest BCUT2D eigenvalue weighted by Gasteiger charge is 2.50. The van der Waals surface area contributed by atoms with E-state index in [0.29, 0.717) is 38.7 Å². The van der Waals surface area contributed by atoms with Gasteiger partial charge >= 0.3 is 0 Å². The Bertz CT molecular complexity index is 1230. The topological polar surface area (TPSA) is 139 Å². The predicted octanol–water partition coefficient (Wildman–Crippen LogP) is 0.645. The van der Waals surface area contributed by atoms with Gasteiger partial charge in [-0.1, -0.05) is 42.5 Å². The molecular formula is C31H40N4O7. The number of benzene rings is 2.